The first-order valence-electron chi connectivity index (χ1n) is 9.10. The van der Waals surface area contributed by atoms with E-state index in [1.807, 2.05) is 0 Å². The number of esters is 1. The van der Waals surface area contributed by atoms with Gasteiger partial charge in [0.15, 0.2) is 12.7 Å². The second-order valence-corrected chi connectivity index (χ2v) is 7.52. The van der Waals surface area contributed by atoms with Crippen molar-refractivity contribution in [2.24, 2.45) is 5.41 Å². The standard InChI is InChI=1S/C22H24FNO5/c1-14(29-19(25)13-28-18-11-7-16(23)8-12-18)20(26)15-5-9-17(10-6-15)24-21(27)22(2,3)4/h5-12,14H,13H2,1-4H3,(H,24,27)/t14-/m1/s1. The van der Waals surface area contributed by atoms with E-state index >= 15 is 0 Å². The number of Topliss-reactive ketones (excluding diaryl/α,β-unsaturated/α-hetero) is 1. The molecule has 0 saturated carbocycles. The zero-order chi connectivity index (χ0) is 21.6. The summed E-state index contributed by atoms with van der Waals surface area (Å²) < 4.78 is 23.1. The average molecular weight is 401 g/mol. The molecule has 2 aromatic rings. The molecular formula is C22H24FNO5. The number of halogens is 1. The van der Waals surface area contributed by atoms with Gasteiger partial charge < -0.3 is 14.8 Å². The maximum absolute atomic E-state index is 12.8. The van der Waals surface area contributed by atoms with Crippen LogP contribution in [-0.2, 0) is 14.3 Å². The van der Waals surface area contributed by atoms with Gasteiger partial charge in [0.2, 0.25) is 11.7 Å². The predicted molar refractivity (Wildman–Crippen MR) is 106 cm³/mol. The topological polar surface area (TPSA) is 81.7 Å². The van der Waals surface area contributed by atoms with Crippen molar-refractivity contribution >= 4 is 23.3 Å². The third-order valence-corrected chi connectivity index (χ3v) is 3.96. The minimum Gasteiger partial charge on any atom is -0.482 e. The van der Waals surface area contributed by atoms with Crippen molar-refractivity contribution in [3.05, 3.63) is 59.9 Å². The molecule has 154 valence electrons. The van der Waals surface area contributed by atoms with Gasteiger partial charge in [-0.2, -0.15) is 0 Å². The Bertz CT molecular complexity index is 870. The van der Waals surface area contributed by atoms with Crippen LogP contribution >= 0.6 is 0 Å². The molecule has 0 spiro atoms. The molecule has 0 aliphatic heterocycles. The SMILES string of the molecule is C[C@@H](OC(=O)COc1ccc(F)cc1)C(=O)c1ccc(NC(=O)C(C)(C)C)cc1. The van der Waals surface area contributed by atoms with Crippen LogP contribution in [0.5, 0.6) is 5.75 Å². The second kappa shape index (κ2) is 9.32. The van der Waals surface area contributed by atoms with Crippen LogP contribution in [0, 0.1) is 11.2 Å². The second-order valence-electron chi connectivity index (χ2n) is 7.52. The zero-order valence-electron chi connectivity index (χ0n) is 16.8. The molecule has 0 aromatic heterocycles. The lowest BCUT2D eigenvalue weighted by molar-refractivity contribution is -0.148. The van der Waals surface area contributed by atoms with Gasteiger partial charge in [-0.15, -0.1) is 0 Å². The number of carbonyl (C=O) groups excluding carboxylic acids is 3. The Labute approximate surface area is 169 Å². The van der Waals surface area contributed by atoms with Gasteiger partial charge in [0.25, 0.3) is 0 Å². The van der Waals surface area contributed by atoms with Gasteiger partial charge in [-0.25, -0.2) is 9.18 Å². The normalized spacial score (nSPS) is 12.0. The van der Waals surface area contributed by atoms with Crippen molar-refractivity contribution < 1.29 is 28.2 Å². The lowest BCUT2D eigenvalue weighted by Crippen LogP contribution is -2.28. The molecule has 29 heavy (non-hydrogen) atoms. The Kier molecular flexibility index (Phi) is 7.09. The first kappa shape index (κ1) is 22.1. The molecule has 0 saturated heterocycles. The van der Waals surface area contributed by atoms with Gasteiger partial charge in [-0.05, 0) is 55.5 Å². The molecule has 6 nitrogen and oxygen atoms in total. The van der Waals surface area contributed by atoms with Crippen LogP contribution < -0.4 is 10.1 Å². The fraction of sp³-hybridized carbons (Fsp3) is 0.318. The number of benzene rings is 2. The number of ether oxygens (including phenoxy) is 2. The van der Waals surface area contributed by atoms with E-state index in [1.54, 1.807) is 45.0 Å². The first-order valence-corrected chi connectivity index (χ1v) is 9.10. The average Bonchev–Trinajstić information content (AvgIpc) is 2.66. The molecule has 0 radical (unpaired) electrons. The highest BCUT2D eigenvalue weighted by molar-refractivity contribution is 6.01. The van der Waals surface area contributed by atoms with Crippen molar-refractivity contribution in [1.29, 1.82) is 0 Å². The fourth-order valence-corrected chi connectivity index (χ4v) is 2.23. The molecule has 1 N–H and O–H groups in total. The highest BCUT2D eigenvalue weighted by Crippen LogP contribution is 2.18. The first-order chi connectivity index (χ1) is 13.6. The Morgan fingerprint density at radius 3 is 2.14 bits per heavy atom. The number of hydrogen-bond acceptors (Lipinski definition) is 5. The summed E-state index contributed by atoms with van der Waals surface area (Å²) in [5.41, 5.74) is 0.380. The summed E-state index contributed by atoms with van der Waals surface area (Å²) >= 11 is 0. The zero-order valence-corrected chi connectivity index (χ0v) is 16.8. The summed E-state index contributed by atoms with van der Waals surface area (Å²) in [6.07, 6.45) is -1.01. The smallest absolute Gasteiger partial charge is 0.344 e. The number of ketones is 1. The third kappa shape index (κ3) is 6.71. The third-order valence-electron chi connectivity index (χ3n) is 3.96. The molecular weight excluding hydrogens is 377 g/mol. The maximum Gasteiger partial charge on any atom is 0.344 e. The Balaban J connectivity index is 1.87. The van der Waals surface area contributed by atoms with Crippen LogP contribution in [0.15, 0.2) is 48.5 Å². The van der Waals surface area contributed by atoms with Crippen LogP contribution in [0.2, 0.25) is 0 Å². The molecule has 2 aromatic carbocycles. The molecule has 0 bridgehead atoms. The minimum absolute atomic E-state index is 0.139. The van der Waals surface area contributed by atoms with E-state index in [-0.39, 0.29) is 11.7 Å². The van der Waals surface area contributed by atoms with E-state index in [0.29, 0.717) is 17.0 Å². The van der Waals surface area contributed by atoms with Crippen molar-refractivity contribution in [3.8, 4) is 5.75 Å². The Hall–Kier alpha value is -3.22. The van der Waals surface area contributed by atoms with Crippen LogP contribution in [0.1, 0.15) is 38.1 Å². The Morgan fingerprint density at radius 1 is 1.00 bits per heavy atom. The van der Waals surface area contributed by atoms with E-state index in [9.17, 15) is 18.8 Å². The molecule has 0 unspecified atom stereocenters. The number of anilines is 1. The Morgan fingerprint density at radius 2 is 1.59 bits per heavy atom. The number of rotatable bonds is 7. The van der Waals surface area contributed by atoms with Gasteiger partial charge in [0, 0.05) is 16.7 Å². The molecule has 0 fully saturated rings. The van der Waals surface area contributed by atoms with Crippen LogP contribution in [0.25, 0.3) is 0 Å². The predicted octanol–water partition coefficient (Wildman–Crippen LogP) is 4.00. The van der Waals surface area contributed by atoms with Gasteiger partial charge in [-0.1, -0.05) is 20.8 Å². The van der Waals surface area contributed by atoms with E-state index in [4.69, 9.17) is 9.47 Å². The minimum atomic E-state index is -1.01. The van der Waals surface area contributed by atoms with Crippen molar-refractivity contribution in [2.75, 3.05) is 11.9 Å². The lowest BCUT2D eigenvalue weighted by Gasteiger charge is -2.18. The van der Waals surface area contributed by atoms with Gasteiger partial charge in [0.1, 0.15) is 11.6 Å². The quantitative estimate of drug-likeness (QED) is 0.560. The summed E-state index contributed by atoms with van der Waals surface area (Å²) in [7, 11) is 0. The fourth-order valence-electron chi connectivity index (χ4n) is 2.23. The van der Waals surface area contributed by atoms with E-state index in [0.717, 1.165) is 0 Å². The molecule has 2 rings (SSSR count). The summed E-state index contributed by atoms with van der Waals surface area (Å²) in [6.45, 7) is 6.47. The van der Waals surface area contributed by atoms with E-state index in [1.165, 1.54) is 31.2 Å². The number of hydrogen-bond donors (Lipinski definition) is 1. The summed E-state index contributed by atoms with van der Waals surface area (Å²) in [5.74, 6) is -1.34. The van der Waals surface area contributed by atoms with Gasteiger partial charge in [0.05, 0.1) is 0 Å². The monoisotopic (exact) mass is 401 g/mol. The largest absolute Gasteiger partial charge is 0.482 e. The number of nitrogens with one attached hydrogen (secondary N) is 1. The molecule has 7 heteroatoms. The highest BCUT2D eigenvalue weighted by atomic mass is 19.1. The lowest BCUT2D eigenvalue weighted by atomic mass is 9.95. The van der Waals surface area contributed by atoms with E-state index in [2.05, 4.69) is 5.32 Å². The molecule has 1 amide bonds. The summed E-state index contributed by atoms with van der Waals surface area (Å²) in [4.78, 5) is 36.3. The van der Waals surface area contributed by atoms with Crippen molar-refractivity contribution in [1.82, 2.24) is 0 Å². The number of amides is 1. The molecule has 0 aliphatic rings. The summed E-state index contributed by atoms with van der Waals surface area (Å²) in [6, 6.07) is 11.5. The number of carbonyl (C=O) groups is 3. The van der Waals surface area contributed by atoms with Crippen LogP contribution in [0.3, 0.4) is 0 Å². The highest BCUT2D eigenvalue weighted by Gasteiger charge is 2.22. The molecule has 1 atom stereocenters. The molecule has 0 aliphatic carbocycles. The van der Waals surface area contributed by atoms with Crippen LogP contribution in [0.4, 0.5) is 10.1 Å². The van der Waals surface area contributed by atoms with Crippen LogP contribution in [-0.4, -0.2) is 30.4 Å². The van der Waals surface area contributed by atoms with Crippen molar-refractivity contribution in [2.45, 2.75) is 33.8 Å². The van der Waals surface area contributed by atoms with E-state index < -0.39 is 29.9 Å². The summed E-state index contributed by atoms with van der Waals surface area (Å²) in [5, 5.41) is 2.77. The molecule has 0 heterocycles. The van der Waals surface area contributed by atoms with Crippen molar-refractivity contribution in [3.63, 3.8) is 0 Å². The van der Waals surface area contributed by atoms with Gasteiger partial charge >= 0.3 is 5.97 Å². The maximum atomic E-state index is 12.8. The van der Waals surface area contributed by atoms with Gasteiger partial charge in [-0.3, -0.25) is 9.59 Å².